The maximum atomic E-state index is 13.5. The number of nitrogens with zero attached hydrogens (tertiary/aromatic N) is 1. The molecule has 0 radical (unpaired) electrons. The van der Waals surface area contributed by atoms with Crippen molar-refractivity contribution in [3.8, 4) is 0 Å². The van der Waals surface area contributed by atoms with Gasteiger partial charge in [0.05, 0.1) is 0 Å². The van der Waals surface area contributed by atoms with Crippen LogP contribution in [0.4, 0.5) is 15.8 Å². The van der Waals surface area contributed by atoms with E-state index < -0.39 is 0 Å². The molecule has 0 aliphatic rings. The van der Waals surface area contributed by atoms with E-state index >= 15 is 0 Å². The molecule has 0 bridgehead atoms. The van der Waals surface area contributed by atoms with Crippen LogP contribution in [0.3, 0.4) is 0 Å². The number of rotatable bonds is 7. The van der Waals surface area contributed by atoms with Gasteiger partial charge in [-0.3, -0.25) is 9.69 Å². The first-order valence-corrected chi connectivity index (χ1v) is 10.5. The maximum Gasteiger partial charge on any atom is 0.231 e. The number of amides is 1. The largest absolute Gasteiger partial charge is 0.281 e. The molecule has 0 aromatic heterocycles. The molecule has 4 rings (SSSR count). The maximum absolute atomic E-state index is 13.5. The van der Waals surface area contributed by atoms with Crippen LogP contribution in [-0.2, 0) is 4.79 Å². The van der Waals surface area contributed by atoms with E-state index in [0.717, 1.165) is 22.5 Å². The van der Waals surface area contributed by atoms with Crippen LogP contribution >= 0.6 is 0 Å². The Labute approximate surface area is 182 Å². The number of hydrogen-bond donors (Lipinski definition) is 0. The molecule has 4 aromatic carbocycles. The molecule has 1 atom stereocenters. The Morgan fingerprint density at radius 3 is 1.61 bits per heavy atom. The third kappa shape index (κ3) is 5.07. The summed E-state index contributed by atoms with van der Waals surface area (Å²) in [5.74, 6) is -0.217. The van der Waals surface area contributed by atoms with Gasteiger partial charge in [0.25, 0.3) is 0 Å². The molecule has 31 heavy (non-hydrogen) atoms. The van der Waals surface area contributed by atoms with Gasteiger partial charge in [-0.25, -0.2) is 4.39 Å². The summed E-state index contributed by atoms with van der Waals surface area (Å²) in [6, 6.07) is 36.1. The molecule has 3 heteroatoms. The van der Waals surface area contributed by atoms with Crippen molar-refractivity contribution in [3.05, 3.63) is 132 Å². The normalized spacial score (nSPS) is 11.6. The fraction of sp³-hybridized carbons (Fsp3) is 0.107. The average molecular weight is 410 g/mol. The molecule has 0 aliphatic carbocycles. The highest BCUT2D eigenvalue weighted by Crippen LogP contribution is 2.32. The summed E-state index contributed by atoms with van der Waals surface area (Å²) >= 11 is 0. The predicted molar refractivity (Wildman–Crippen MR) is 124 cm³/mol. The lowest BCUT2D eigenvalue weighted by Crippen LogP contribution is -2.26. The molecule has 0 saturated carbocycles. The van der Waals surface area contributed by atoms with Crippen LogP contribution in [0, 0.1) is 5.82 Å². The number of para-hydroxylation sites is 2. The number of carbonyl (C=O) groups is 1. The second kappa shape index (κ2) is 9.86. The van der Waals surface area contributed by atoms with Gasteiger partial charge in [0.15, 0.2) is 0 Å². The molecular weight excluding hydrogens is 385 g/mol. The Bertz CT molecular complexity index is 1060. The second-order valence-electron chi connectivity index (χ2n) is 7.45. The summed E-state index contributed by atoms with van der Waals surface area (Å²) in [5.41, 5.74) is 3.81. The van der Waals surface area contributed by atoms with Crippen molar-refractivity contribution in [2.75, 3.05) is 4.90 Å². The third-order valence-electron chi connectivity index (χ3n) is 5.40. The summed E-state index contributed by atoms with van der Waals surface area (Å²) < 4.78 is 13.5. The molecule has 0 spiro atoms. The standard InChI is InChI=1S/C28H24FNO/c29-24-18-16-23(17-19-24)27(22-10-4-1-5-11-22)20-21-28(31)30(25-12-6-2-7-13-25)26-14-8-3-9-15-26/h1-19,27H,20-21H2. The molecule has 1 unspecified atom stereocenters. The molecule has 0 saturated heterocycles. The first kappa shape index (κ1) is 20.5. The van der Waals surface area contributed by atoms with Gasteiger partial charge in [0, 0.05) is 23.7 Å². The number of benzene rings is 4. The summed E-state index contributed by atoms with van der Waals surface area (Å²) in [7, 11) is 0. The number of anilines is 2. The van der Waals surface area contributed by atoms with Crippen molar-refractivity contribution in [2.45, 2.75) is 18.8 Å². The molecule has 0 aliphatic heterocycles. The van der Waals surface area contributed by atoms with Crippen molar-refractivity contribution in [2.24, 2.45) is 0 Å². The van der Waals surface area contributed by atoms with Gasteiger partial charge in [-0.05, 0) is 53.9 Å². The van der Waals surface area contributed by atoms with E-state index in [4.69, 9.17) is 0 Å². The third-order valence-corrected chi connectivity index (χ3v) is 5.40. The SMILES string of the molecule is O=C(CCC(c1ccccc1)c1ccc(F)cc1)N(c1ccccc1)c1ccccc1. The fourth-order valence-electron chi connectivity index (χ4n) is 3.88. The van der Waals surface area contributed by atoms with E-state index in [-0.39, 0.29) is 17.6 Å². The summed E-state index contributed by atoms with van der Waals surface area (Å²) in [6.45, 7) is 0. The van der Waals surface area contributed by atoms with Crippen LogP contribution in [-0.4, -0.2) is 5.91 Å². The summed E-state index contributed by atoms with van der Waals surface area (Å²) in [5, 5.41) is 0. The van der Waals surface area contributed by atoms with E-state index in [2.05, 4.69) is 12.1 Å². The molecular formula is C28H24FNO. The van der Waals surface area contributed by atoms with Crippen LogP contribution in [0.1, 0.15) is 29.9 Å². The lowest BCUT2D eigenvalue weighted by Gasteiger charge is -2.25. The topological polar surface area (TPSA) is 20.3 Å². The summed E-state index contributed by atoms with van der Waals surface area (Å²) in [6.07, 6.45) is 0.991. The molecule has 154 valence electrons. The minimum Gasteiger partial charge on any atom is -0.281 e. The lowest BCUT2D eigenvalue weighted by molar-refractivity contribution is -0.118. The molecule has 4 aromatic rings. The Hall–Kier alpha value is -3.72. The van der Waals surface area contributed by atoms with Gasteiger partial charge >= 0.3 is 0 Å². The van der Waals surface area contributed by atoms with Crippen LogP contribution in [0.5, 0.6) is 0 Å². The second-order valence-corrected chi connectivity index (χ2v) is 7.45. The van der Waals surface area contributed by atoms with E-state index in [1.54, 1.807) is 4.90 Å². The van der Waals surface area contributed by atoms with E-state index in [1.165, 1.54) is 12.1 Å². The van der Waals surface area contributed by atoms with E-state index in [0.29, 0.717) is 12.8 Å². The molecule has 1 amide bonds. The van der Waals surface area contributed by atoms with E-state index in [9.17, 15) is 9.18 Å². The summed E-state index contributed by atoms with van der Waals surface area (Å²) in [4.78, 5) is 15.2. The Morgan fingerprint density at radius 2 is 1.10 bits per heavy atom. The van der Waals surface area contributed by atoms with Crippen molar-refractivity contribution in [3.63, 3.8) is 0 Å². The first-order valence-electron chi connectivity index (χ1n) is 10.5. The zero-order valence-corrected chi connectivity index (χ0v) is 17.2. The molecule has 0 heterocycles. The highest BCUT2D eigenvalue weighted by atomic mass is 19.1. The lowest BCUT2D eigenvalue weighted by atomic mass is 9.87. The van der Waals surface area contributed by atoms with Gasteiger partial charge < -0.3 is 0 Å². The zero-order valence-electron chi connectivity index (χ0n) is 17.2. The highest BCUT2D eigenvalue weighted by molar-refractivity contribution is 6.00. The Balaban J connectivity index is 1.60. The van der Waals surface area contributed by atoms with Crippen LogP contribution in [0.15, 0.2) is 115 Å². The van der Waals surface area contributed by atoms with Gasteiger partial charge in [0.2, 0.25) is 5.91 Å². The monoisotopic (exact) mass is 409 g/mol. The number of carbonyl (C=O) groups excluding carboxylic acids is 1. The van der Waals surface area contributed by atoms with Crippen LogP contribution < -0.4 is 4.90 Å². The van der Waals surface area contributed by atoms with Crippen molar-refractivity contribution >= 4 is 17.3 Å². The predicted octanol–water partition coefficient (Wildman–Crippen LogP) is 7.10. The Kier molecular flexibility index (Phi) is 6.53. The quantitative estimate of drug-likeness (QED) is 0.319. The van der Waals surface area contributed by atoms with Gasteiger partial charge in [-0.2, -0.15) is 0 Å². The van der Waals surface area contributed by atoms with Crippen LogP contribution in [0.2, 0.25) is 0 Å². The first-order chi connectivity index (χ1) is 15.2. The van der Waals surface area contributed by atoms with Crippen molar-refractivity contribution in [1.82, 2.24) is 0 Å². The van der Waals surface area contributed by atoms with Gasteiger partial charge in [0.1, 0.15) is 5.82 Å². The van der Waals surface area contributed by atoms with Crippen molar-refractivity contribution in [1.29, 1.82) is 0 Å². The molecule has 0 fully saturated rings. The minimum absolute atomic E-state index is 0.0131. The fourth-order valence-corrected chi connectivity index (χ4v) is 3.88. The molecule has 0 N–H and O–H groups in total. The number of hydrogen-bond acceptors (Lipinski definition) is 1. The van der Waals surface area contributed by atoms with E-state index in [1.807, 2.05) is 91.0 Å². The van der Waals surface area contributed by atoms with Crippen molar-refractivity contribution < 1.29 is 9.18 Å². The average Bonchev–Trinajstić information content (AvgIpc) is 2.83. The molecule has 2 nitrogen and oxygen atoms in total. The minimum atomic E-state index is -0.258. The zero-order chi connectivity index (χ0) is 21.5. The van der Waals surface area contributed by atoms with Crippen LogP contribution in [0.25, 0.3) is 0 Å². The smallest absolute Gasteiger partial charge is 0.231 e. The Morgan fingerprint density at radius 1 is 0.645 bits per heavy atom. The van der Waals surface area contributed by atoms with Gasteiger partial charge in [-0.15, -0.1) is 0 Å². The van der Waals surface area contributed by atoms with Gasteiger partial charge in [-0.1, -0.05) is 78.9 Å². The number of halogens is 1. The highest BCUT2D eigenvalue weighted by Gasteiger charge is 2.21.